The van der Waals surface area contributed by atoms with Crippen LogP contribution in [0.1, 0.15) is 16.9 Å². The van der Waals surface area contributed by atoms with Crippen molar-refractivity contribution in [3.8, 4) is 5.69 Å². The molecule has 8 nitrogen and oxygen atoms in total. The summed E-state index contributed by atoms with van der Waals surface area (Å²) in [6, 6.07) is 11.2. The van der Waals surface area contributed by atoms with Gasteiger partial charge in [0.25, 0.3) is 5.91 Å². The number of aromatic nitrogens is 2. The second kappa shape index (κ2) is 10.3. The predicted molar refractivity (Wildman–Crippen MR) is 118 cm³/mol. The van der Waals surface area contributed by atoms with Crippen LogP contribution in [0.5, 0.6) is 0 Å². The van der Waals surface area contributed by atoms with Crippen LogP contribution in [0.15, 0.2) is 54.7 Å². The summed E-state index contributed by atoms with van der Waals surface area (Å²) >= 11 is 0. The van der Waals surface area contributed by atoms with E-state index in [1.165, 1.54) is 47.3 Å². The lowest BCUT2D eigenvalue weighted by molar-refractivity contribution is -0.116. The summed E-state index contributed by atoms with van der Waals surface area (Å²) in [4.78, 5) is 26.9. The van der Waals surface area contributed by atoms with Crippen molar-refractivity contribution in [2.24, 2.45) is 0 Å². The van der Waals surface area contributed by atoms with Gasteiger partial charge in [-0.15, -0.1) is 0 Å². The Kier molecular flexibility index (Phi) is 7.06. The van der Waals surface area contributed by atoms with Crippen LogP contribution < -0.4 is 10.6 Å². The van der Waals surface area contributed by atoms with Crippen molar-refractivity contribution in [2.45, 2.75) is 6.42 Å². The van der Waals surface area contributed by atoms with Crippen LogP contribution in [-0.4, -0.2) is 59.3 Å². The Morgan fingerprint density at radius 1 is 1.03 bits per heavy atom. The summed E-state index contributed by atoms with van der Waals surface area (Å²) < 4.78 is 34.3. The van der Waals surface area contributed by atoms with E-state index in [1.807, 2.05) is 0 Å². The van der Waals surface area contributed by atoms with Gasteiger partial charge in [0.15, 0.2) is 5.69 Å². The van der Waals surface area contributed by atoms with Gasteiger partial charge in [-0.25, -0.2) is 13.5 Å². The van der Waals surface area contributed by atoms with E-state index in [2.05, 4.69) is 20.6 Å². The minimum absolute atomic E-state index is 0.0231. The van der Waals surface area contributed by atoms with Crippen molar-refractivity contribution in [3.63, 3.8) is 0 Å². The molecule has 0 aliphatic carbocycles. The highest BCUT2D eigenvalue weighted by molar-refractivity contribution is 6.03. The Hall–Kier alpha value is -3.63. The molecule has 0 radical (unpaired) electrons. The van der Waals surface area contributed by atoms with Crippen molar-refractivity contribution in [1.82, 2.24) is 14.7 Å². The van der Waals surface area contributed by atoms with E-state index in [0.29, 0.717) is 31.1 Å². The number of amides is 2. The fourth-order valence-electron chi connectivity index (χ4n) is 3.40. The van der Waals surface area contributed by atoms with Gasteiger partial charge in [-0.3, -0.25) is 14.5 Å². The topological polar surface area (TPSA) is 88.5 Å². The lowest BCUT2D eigenvalue weighted by Gasteiger charge is -2.26. The second-order valence-electron chi connectivity index (χ2n) is 7.53. The maximum Gasteiger partial charge on any atom is 0.276 e. The average molecular weight is 455 g/mol. The molecule has 172 valence electrons. The van der Waals surface area contributed by atoms with E-state index in [0.717, 1.165) is 13.1 Å². The van der Waals surface area contributed by atoms with Gasteiger partial charge in [-0.05, 0) is 42.5 Å². The number of nitrogens with one attached hydrogen (secondary N) is 2. The molecule has 2 heterocycles. The van der Waals surface area contributed by atoms with E-state index < -0.39 is 17.5 Å². The van der Waals surface area contributed by atoms with E-state index in [1.54, 1.807) is 12.1 Å². The highest BCUT2D eigenvalue weighted by Gasteiger charge is 2.15. The Labute approximate surface area is 189 Å². The lowest BCUT2D eigenvalue weighted by Crippen LogP contribution is -2.38. The number of morpholine rings is 1. The number of nitrogens with zero attached hydrogens (tertiary/aromatic N) is 3. The minimum atomic E-state index is -0.608. The molecule has 1 fully saturated rings. The monoisotopic (exact) mass is 455 g/mol. The molecule has 0 saturated carbocycles. The third-order valence-corrected chi connectivity index (χ3v) is 5.15. The first-order valence-electron chi connectivity index (χ1n) is 10.5. The molecular weight excluding hydrogens is 432 g/mol. The lowest BCUT2D eigenvalue weighted by atomic mass is 10.2. The van der Waals surface area contributed by atoms with Crippen molar-refractivity contribution < 1.29 is 23.1 Å². The molecule has 1 saturated heterocycles. The quantitative estimate of drug-likeness (QED) is 0.572. The summed E-state index contributed by atoms with van der Waals surface area (Å²) in [6.07, 6.45) is 1.75. The summed E-state index contributed by atoms with van der Waals surface area (Å²) in [7, 11) is 0. The van der Waals surface area contributed by atoms with Crippen LogP contribution in [0.25, 0.3) is 5.69 Å². The summed E-state index contributed by atoms with van der Waals surface area (Å²) in [5, 5.41) is 9.34. The molecule has 0 bridgehead atoms. The Morgan fingerprint density at radius 2 is 1.85 bits per heavy atom. The number of benzene rings is 2. The van der Waals surface area contributed by atoms with E-state index >= 15 is 0 Å². The molecule has 2 N–H and O–H groups in total. The molecule has 3 aromatic rings. The van der Waals surface area contributed by atoms with Crippen LogP contribution in [-0.2, 0) is 9.53 Å². The molecule has 1 aliphatic heterocycles. The van der Waals surface area contributed by atoms with Gasteiger partial charge >= 0.3 is 0 Å². The van der Waals surface area contributed by atoms with Gasteiger partial charge in [0.1, 0.15) is 11.6 Å². The number of halogens is 2. The van der Waals surface area contributed by atoms with Crippen molar-refractivity contribution in [3.05, 3.63) is 72.1 Å². The van der Waals surface area contributed by atoms with Crippen LogP contribution in [0, 0.1) is 11.6 Å². The van der Waals surface area contributed by atoms with Gasteiger partial charge in [0, 0.05) is 37.9 Å². The van der Waals surface area contributed by atoms with Crippen molar-refractivity contribution >= 4 is 23.2 Å². The zero-order chi connectivity index (χ0) is 23.2. The van der Waals surface area contributed by atoms with Gasteiger partial charge in [0.2, 0.25) is 5.91 Å². The highest BCUT2D eigenvalue weighted by atomic mass is 19.1. The zero-order valence-electron chi connectivity index (χ0n) is 17.8. The molecule has 10 heteroatoms. The number of anilines is 2. The SMILES string of the molecule is O=C(CCN1CCOCC1)Nc1cc(NC(=O)c2ccn(-c3cccc(F)c3)n2)ccc1F. The van der Waals surface area contributed by atoms with Crippen molar-refractivity contribution in [1.29, 1.82) is 0 Å². The van der Waals surface area contributed by atoms with Gasteiger partial charge in [-0.2, -0.15) is 5.10 Å². The number of ether oxygens (including phenoxy) is 1. The molecule has 2 aromatic carbocycles. The fraction of sp³-hybridized carbons (Fsp3) is 0.261. The molecule has 2 amide bonds. The van der Waals surface area contributed by atoms with E-state index in [9.17, 15) is 18.4 Å². The molecular formula is C23H23F2N5O3. The average Bonchev–Trinajstić information content (AvgIpc) is 3.31. The van der Waals surface area contributed by atoms with Gasteiger partial charge in [-0.1, -0.05) is 6.07 Å². The van der Waals surface area contributed by atoms with E-state index in [-0.39, 0.29) is 23.7 Å². The fourth-order valence-corrected chi connectivity index (χ4v) is 3.40. The molecule has 33 heavy (non-hydrogen) atoms. The minimum Gasteiger partial charge on any atom is -0.379 e. The number of rotatable bonds is 7. The number of hydrogen-bond acceptors (Lipinski definition) is 5. The maximum atomic E-state index is 14.2. The molecule has 1 aromatic heterocycles. The summed E-state index contributed by atoms with van der Waals surface area (Å²) in [6.45, 7) is 3.36. The first kappa shape index (κ1) is 22.6. The summed E-state index contributed by atoms with van der Waals surface area (Å²) in [5.74, 6) is -1.87. The third kappa shape index (κ3) is 5.99. The van der Waals surface area contributed by atoms with Gasteiger partial charge < -0.3 is 15.4 Å². The van der Waals surface area contributed by atoms with Crippen LogP contribution in [0.2, 0.25) is 0 Å². The second-order valence-corrected chi connectivity index (χ2v) is 7.53. The van der Waals surface area contributed by atoms with E-state index in [4.69, 9.17) is 4.74 Å². The molecule has 1 aliphatic rings. The molecule has 0 atom stereocenters. The Morgan fingerprint density at radius 3 is 2.64 bits per heavy atom. The number of hydrogen-bond donors (Lipinski definition) is 2. The largest absolute Gasteiger partial charge is 0.379 e. The predicted octanol–water partition coefficient (Wildman–Crippen LogP) is 3.06. The first-order valence-corrected chi connectivity index (χ1v) is 10.5. The van der Waals surface area contributed by atoms with Crippen LogP contribution >= 0.6 is 0 Å². The Bertz CT molecular complexity index is 1140. The molecule has 0 unspecified atom stereocenters. The number of carbonyl (C=O) groups excluding carboxylic acids is 2. The third-order valence-electron chi connectivity index (χ3n) is 5.15. The van der Waals surface area contributed by atoms with Crippen molar-refractivity contribution in [2.75, 3.05) is 43.5 Å². The smallest absolute Gasteiger partial charge is 0.276 e. The summed E-state index contributed by atoms with van der Waals surface area (Å²) in [5.41, 5.74) is 0.841. The molecule has 4 rings (SSSR count). The number of carbonyl (C=O) groups is 2. The first-order chi connectivity index (χ1) is 16.0. The van der Waals surface area contributed by atoms with Gasteiger partial charge in [0.05, 0.1) is 24.6 Å². The van der Waals surface area contributed by atoms with Crippen LogP contribution in [0.4, 0.5) is 20.2 Å². The highest BCUT2D eigenvalue weighted by Crippen LogP contribution is 2.21. The standard InChI is InChI=1S/C23H23F2N5O3/c24-16-2-1-3-18(14-16)30-9-6-20(28-30)23(32)26-17-4-5-19(25)21(15-17)27-22(31)7-8-29-10-12-33-13-11-29/h1-6,9,14-15H,7-8,10-13H2,(H,26,32)(H,27,31). The normalized spacial score (nSPS) is 14.1. The Balaban J connectivity index is 1.37. The zero-order valence-corrected chi connectivity index (χ0v) is 17.8. The van der Waals surface area contributed by atoms with Crippen LogP contribution in [0.3, 0.4) is 0 Å². The molecule has 0 spiro atoms. The maximum absolute atomic E-state index is 14.2.